The van der Waals surface area contributed by atoms with Crippen molar-refractivity contribution in [3.63, 3.8) is 0 Å². The van der Waals surface area contributed by atoms with Crippen LogP contribution in [0.1, 0.15) is 23.2 Å². The highest BCUT2D eigenvalue weighted by Gasteiger charge is 2.20. The van der Waals surface area contributed by atoms with Crippen molar-refractivity contribution < 1.29 is 4.79 Å². The molecular weight excluding hydrogens is 274 g/mol. The summed E-state index contributed by atoms with van der Waals surface area (Å²) in [5.41, 5.74) is 3.47. The number of benzene rings is 2. The van der Waals surface area contributed by atoms with Crippen LogP contribution in [0.3, 0.4) is 0 Å². The number of para-hydroxylation sites is 3. The summed E-state index contributed by atoms with van der Waals surface area (Å²) in [6.07, 6.45) is 4.00. The first-order valence-electron chi connectivity index (χ1n) is 7.65. The number of hydrogen-bond acceptors (Lipinski definition) is 3. The molecule has 0 bridgehead atoms. The SMILES string of the molecule is O=C(c1ccccc1N1CCCC1)n1cnc2ccccc21. The lowest BCUT2D eigenvalue weighted by molar-refractivity contribution is 0.0965. The van der Waals surface area contributed by atoms with Gasteiger partial charge in [-0.3, -0.25) is 9.36 Å². The first kappa shape index (κ1) is 13.1. The summed E-state index contributed by atoms with van der Waals surface area (Å²) in [6.45, 7) is 2.05. The lowest BCUT2D eigenvalue weighted by Crippen LogP contribution is -2.22. The van der Waals surface area contributed by atoms with Gasteiger partial charge in [-0.05, 0) is 37.1 Å². The summed E-state index contributed by atoms with van der Waals surface area (Å²) in [5.74, 6) is -0.0174. The highest BCUT2D eigenvalue weighted by Crippen LogP contribution is 2.26. The van der Waals surface area contributed by atoms with E-state index in [1.165, 1.54) is 12.8 Å². The lowest BCUT2D eigenvalue weighted by Gasteiger charge is -2.20. The van der Waals surface area contributed by atoms with E-state index >= 15 is 0 Å². The topological polar surface area (TPSA) is 38.1 Å². The van der Waals surface area contributed by atoms with Gasteiger partial charge >= 0.3 is 0 Å². The van der Waals surface area contributed by atoms with Crippen LogP contribution in [0.15, 0.2) is 54.9 Å². The van der Waals surface area contributed by atoms with Crippen molar-refractivity contribution in [1.82, 2.24) is 9.55 Å². The second-order valence-electron chi connectivity index (χ2n) is 5.62. The van der Waals surface area contributed by atoms with Gasteiger partial charge in [-0.25, -0.2) is 4.98 Å². The smallest absolute Gasteiger partial charge is 0.265 e. The molecule has 0 unspecified atom stereocenters. The van der Waals surface area contributed by atoms with Crippen LogP contribution in [0.25, 0.3) is 11.0 Å². The van der Waals surface area contributed by atoms with E-state index in [0.29, 0.717) is 0 Å². The standard InChI is InChI=1S/C18H17N3O/c22-18(21-13-19-15-8-2-4-10-17(15)21)14-7-1-3-9-16(14)20-11-5-6-12-20/h1-4,7-10,13H,5-6,11-12H2. The number of carbonyl (C=O) groups is 1. The number of nitrogens with zero attached hydrogens (tertiary/aromatic N) is 3. The number of fused-ring (bicyclic) bond motifs is 1. The van der Waals surface area contributed by atoms with E-state index in [9.17, 15) is 4.79 Å². The number of rotatable bonds is 2. The molecule has 0 amide bonds. The highest BCUT2D eigenvalue weighted by atomic mass is 16.2. The Morgan fingerprint density at radius 2 is 1.68 bits per heavy atom. The van der Waals surface area contributed by atoms with Gasteiger partial charge in [0.2, 0.25) is 0 Å². The molecule has 1 aromatic heterocycles. The predicted molar refractivity (Wildman–Crippen MR) is 87.4 cm³/mol. The van der Waals surface area contributed by atoms with Crippen molar-refractivity contribution in [2.24, 2.45) is 0 Å². The highest BCUT2D eigenvalue weighted by molar-refractivity contribution is 6.05. The minimum Gasteiger partial charge on any atom is -0.371 e. The average molecular weight is 291 g/mol. The van der Waals surface area contributed by atoms with Crippen LogP contribution < -0.4 is 4.90 Å². The van der Waals surface area contributed by atoms with E-state index in [0.717, 1.165) is 35.4 Å². The van der Waals surface area contributed by atoms with Gasteiger partial charge in [-0.2, -0.15) is 0 Å². The van der Waals surface area contributed by atoms with Gasteiger partial charge in [0, 0.05) is 18.8 Å². The quantitative estimate of drug-likeness (QED) is 0.727. The maximum Gasteiger partial charge on any atom is 0.265 e. The molecule has 0 spiro atoms. The van der Waals surface area contributed by atoms with E-state index < -0.39 is 0 Å². The molecule has 22 heavy (non-hydrogen) atoms. The molecule has 0 saturated carbocycles. The molecule has 3 aromatic rings. The van der Waals surface area contributed by atoms with Crippen LogP contribution in [0, 0.1) is 0 Å². The zero-order valence-corrected chi connectivity index (χ0v) is 12.3. The Kier molecular flexibility index (Phi) is 3.15. The summed E-state index contributed by atoms with van der Waals surface area (Å²) in [6, 6.07) is 15.6. The van der Waals surface area contributed by atoms with Crippen molar-refractivity contribution in [3.05, 3.63) is 60.4 Å². The van der Waals surface area contributed by atoms with Crippen LogP contribution in [0.4, 0.5) is 5.69 Å². The lowest BCUT2D eigenvalue weighted by atomic mass is 10.1. The monoisotopic (exact) mass is 291 g/mol. The Morgan fingerprint density at radius 3 is 2.55 bits per heavy atom. The first-order chi connectivity index (χ1) is 10.8. The van der Waals surface area contributed by atoms with Crippen molar-refractivity contribution in [1.29, 1.82) is 0 Å². The van der Waals surface area contributed by atoms with Crippen LogP contribution in [0.5, 0.6) is 0 Å². The van der Waals surface area contributed by atoms with Crippen molar-refractivity contribution in [2.75, 3.05) is 18.0 Å². The fourth-order valence-corrected chi connectivity index (χ4v) is 3.14. The van der Waals surface area contributed by atoms with Crippen LogP contribution >= 0.6 is 0 Å². The van der Waals surface area contributed by atoms with Gasteiger partial charge in [0.25, 0.3) is 5.91 Å². The van der Waals surface area contributed by atoms with Crippen LogP contribution in [-0.2, 0) is 0 Å². The fourth-order valence-electron chi connectivity index (χ4n) is 3.14. The minimum absolute atomic E-state index is 0.0174. The number of imidazole rings is 1. The second kappa shape index (κ2) is 5.30. The predicted octanol–water partition coefficient (Wildman–Crippen LogP) is 3.33. The molecule has 4 nitrogen and oxygen atoms in total. The molecule has 1 aliphatic heterocycles. The van der Waals surface area contributed by atoms with Gasteiger partial charge in [-0.1, -0.05) is 24.3 Å². The molecule has 110 valence electrons. The van der Waals surface area contributed by atoms with Crippen molar-refractivity contribution >= 4 is 22.6 Å². The molecule has 2 aromatic carbocycles. The third kappa shape index (κ3) is 2.08. The van der Waals surface area contributed by atoms with E-state index in [2.05, 4.69) is 9.88 Å². The fraction of sp³-hybridized carbons (Fsp3) is 0.222. The molecule has 4 rings (SSSR count). The number of anilines is 1. The van der Waals surface area contributed by atoms with E-state index in [-0.39, 0.29) is 5.91 Å². The third-order valence-electron chi connectivity index (χ3n) is 4.25. The molecule has 1 fully saturated rings. The maximum atomic E-state index is 13.0. The summed E-state index contributed by atoms with van der Waals surface area (Å²) in [7, 11) is 0. The number of carbonyl (C=O) groups excluding carboxylic acids is 1. The van der Waals surface area contributed by atoms with Gasteiger partial charge in [-0.15, -0.1) is 0 Å². The Hall–Kier alpha value is -2.62. The van der Waals surface area contributed by atoms with E-state index in [1.807, 2.05) is 48.5 Å². The largest absolute Gasteiger partial charge is 0.371 e. The molecular formula is C18H17N3O. The Labute approximate surface area is 129 Å². The summed E-state index contributed by atoms with van der Waals surface area (Å²) >= 11 is 0. The first-order valence-corrected chi connectivity index (χ1v) is 7.65. The Bertz CT molecular complexity index is 831. The van der Waals surface area contributed by atoms with Crippen molar-refractivity contribution in [3.8, 4) is 0 Å². The summed E-state index contributed by atoms with van der Waals surface area (Å²) in [4.78, 5) is 19.6. The molecule has 1 saturated heterocycles. The average Bonchev–Trinajstić information content (AvgIpc) is 3.24. The molecule has 1 aliphatic rings. The number of hydrogen-bond donors (Lipinski definition) is 0. The van der Waals surface area contributed by atoms with Crippen LogP contribution in [-0.4, -0.2) is 28.5 Å². The molecule has 2 heterocycles. The van der Waals surface area contributed by atoms with E-state index in [4.69, 9.17) is 0 Å². The van der Waals surface area contributed by atoms with Crippen LogP contribution in [0.2, 0.25) is 0 Å². The molecule has 4 heteroatoms. The van der Waals surface area contributed by atoms with Crippen molar-refractivity contribution in [2.45, 2.75) is 12.8 Å². The Morgan fingerprint density at radius 1 is 0.955 bits per heavy atom. The number of aromatic nitrogens is 2. The summed E-state index contributed by atoms with van der Waals surface area (Å²) in [5, 5.41) is 0. The second-order valence-corrected chi connectivity index (χ2v) is 5.62. The van der Waals surface area contributed by atoms with Gasteiger partial charge < -0.3 is 4.90 Å². The minimum atomic E-state index is -0.0174. The van der Waals surface area contributed by atoms with Gasteiger partial charge in [0.15, 0.2) is 0 Å². The van der Waals surface area contributed by atoms with Gasteiger partial charge in [0.05, 0.1) is 16.6 Å². The molecule has 0 aliphatic carbocycles. The Balaban J connectivity index is 1.80. The molecule has 0 N–H and O–H groups in total. The molecule has 0 radical (unpaired) electrons. The van der Waals surface area contributed by atoms with E-state index in [1.54, 1.807) is 10.9 Å². The molecule has 0 atom stereocenters. The third-order valence-corrected chi connectivity index (χ3v) is 4.25. The zero-order valence-electron chi connectivity index (χ0n) is 12.3. The summed E-state index contributed by atoms with van der Waals surface area (Å²) < 4.78 is 1.64. The zero-order chi connectivity index (χ0) is 14.9. The maximum absolute atomic E-state index is 13.0. The normalized spacial score (nSPS) is 14.6. The van der Waals surface area contributed by atoms with Gasteiger partial charge in [0.1, 0.15) is 6.33 Å².